The molecular formula is C25H36BNO4. The Morgan fingerprint density at radius 3 is 1.97 bits per heavy atom. The van der Waals surface area contributed by atoms with Gasteiger partial charge in [0.25, 0.3) is 12.2 Å². The second-order valence-corrected chi connectivity index (χ2v) is 9.99. The Labute approximate surface area is 186 Å². The number of esters is 1. The van der Waals surface area contributed by atoms with Gasteiger partial charge in [0, 0.05) is 0 Å². The first-order valence-electron chi connectivity index (χ1n) is 12.1. The summed E-state index contributed by atoms with van der Waals surface area (Å²) in [6.07, 6.45) is 9.68. The monoisotopic (exact) mass is 425 g/mol. The summed E-state index contributed by atoms with van der Waals surface area (Å²) in [5.74, 6) is 0.623. The maximum atomic E-state index is 13.8. The Bertz CT molecular complexity index is 838. The van der Waals surface area contributed by atoms with Crippen molar-refractivity contribution in [2.75, 3.05) is 7.11 Å². The van der Waals surface area contributed by atoms with E-state index in [0.717, 1.165) is 51.4 Å². The average Bonchev–Trinajstić information content (AvgIpc) is 3.08. The highest BCUT2D eigenvalue weighted by atomic mass is 16.5. The molecule has 5 nitrogen and oxygen atoms in total. The first-order valence-corrected chi connectivity index (χ1v) is 12.1. The lowest BCUT2D eigenvalue weighted by Crippen LogP contribution is -2.70. The topological polar surface area (TPSA) is 55.6 Å². The van der Waals surface area contributed by atoms with Crippen LogP contribution in [0.4, 0.5) is 0 Å². The quantitative estimate of drug-likeness (QED) is 0.370. The number of benzene rings is 1. The molecule has 168 valence electrons. The molecule has 2 saturated carbocycles. The summed E-state index contributed by atoms with van der Waals surface area (Å²) < 4.78 is 14.0. The Morgan fingerprint density at radius 2 is 1.48 bits per heavy atom. The van der Waals surface area contributed by atoms with Gasteiger partial charge in [0.15, 0.2) is 5.44 Å². The Hall–Kier alpha value is -2.11. The summed E-state index contributed by atoms with van der Waals surface area (Å²) in [7, 11) is 1.44. The van der Waals surface area contributed by atoms with E-state index in [1.807, 2.05) is 44.2 Å². The Balaban J connectivity index is 1.88. The summed E-state index contributed by atoms with van der Waals surface area (Å²) in [6.45, 7) is 3.79. The van der Waals surface area contributed by atoms with Crippen LogP contribution in [0.15, 0.2) is 30.3 Å². The number of hydrogen-bond acceptors (Lipinski definition) is 4. The molecule has 0 N–H and O–H groups in total. The minimum absolute atomic E-state index is 0.179. The van der Waals surface area contributed by atoms with Crippen molar-refractivity contribution in [2.45, 2.75) is 95.1 Å². The van der Waals surface area contributed by atoms with E-state index >= 15 is 0 Å². The van der Waals surface area contributed by atoms with E-state index in [2.05, 4.69) is 0 Å². The van der Waals surface area contributed by atoms with Crippen LogP contribution >= 0.6 is 0 Å². The molecule has 1 aromatic rings. The minimum Gasteiger partial charge on any atom is -0.663 e. The lowest BCUT2D eigenvalue weighted by molar-refractivity contribution is -0.476. The number of methoxy groups -OCH3 is 1. The van der Waals surface area contributed by atoms with Gasteiger partial charge < -0.3 is 9.39 Å². The largest absolute Gasteiger partial charge is 0.663 e. The molecule has 31 heavy (non-hydrogen) atoms. The third-order valence-electron chi connectivity index (χ3n) is 8.55. The highest BCUT2D eigenvalue weighted by molar-refractivity contribution is 6.84. The van der Waals surface area contributed by atoms with Crippen molar-refractivity contribution in [3.8, 4) is 0 Å². The standard InChI is InChI=1S/C25H36BNO4/c1-19-27(23(28)20-13-7-4-8-14-20)25(2,24(29)30-3)26(31-19,21-15-9-5-10-16-21)22-17-11-6-12-18-22/h4,7-8,13-14,21-22H,5-6,9-12,15-18H2,1-3H3/t25-/m1/s1. The number of amides is 1. The van der Waals surface area contributed by atoms with Crippen molar-refractivity contribution >= 4 is 24.1 Å². The predicted molar refractivity (Wildman–Crippen MR) is 123 cm³/mol. The Morgan fingerprint density at radius 1 is 0.968 bits per heavy atom. The number of hydrogen-bond donors (Lipinski definition) is 0. The van der Waals surface area contributed by atoms with Crippen molar-refractivity contribution in [3.05, 3.63) is 35.9 Å². The van der Waals surface area contributed by atoms with E-state index in [1.165, 1.54) is 20.0 Å². The predicted octanol–water partition coefficient (Wildman–Crippen LogP) is 5.37. The summed E-state index contributed by atoms with van der Waals surface area (Å²) in [6, 6.07) is 9.22. The normalized spacial score (nSPS) is 27.1. The van der Waals surface area contributed by atoms with Gasteiger partial charge >= 0.3 is 11.9 Å². The second kappa shape index (κ2) is 8.80. The third kappa shape index (κ3) is 3.43. The number of ether oxygens (including phenoxy) is 1. The highest BCUT2D eigenvalue weighted by Crippen LogP contribution is 2.56. The van der Waals surface area contributed by atoms with Crippen molar-refractivity contribution in [2.24, 2.45) is 0 Å². The van der Waals surface area contributed by atoms with Gasteiger partial charge in [-0.1, -0.05) is 82.4 Å². The lowest BCUT2D eigenvalue weighted by Gasteiger charge is -2.54. The van der Waals surface area contributed by atoms with Gasteiger partial charge in [0.05, 0.1) is 19.6 Å². The molecule has 1 aliphatic heterocycles. The molecule has 0 unspecified atom stereocenters. The molecule has 4 rings (SSSR count). The summed E-state index contributed by atoms with van der Waals surface area (Å²) in [4.78, 5) is 27.4. The molecule has 0 aromatic heterocycles. The molecule has 6 heteroatoms. The zero-order valence-corrected chi connectivity index (χ0v) is 19.3. The maximum Gasteiger partial charge on any atom is 0.420 e. The molecule has 1 heterocycles. The highest BCUT2D eigenvalue weighted by Gasteiger charge is 2.71. The van der Waals surface area contributed by atoms with Gasteiger partial charge in [-0.3, -0.25) is 0 Å². The zero-order valence-electron chi connectivity index (χ0n) is 19.3. The third-order valence-corrected chi connectivity index (χ3v) is 8.55. The van der Waals surface area contributed by atoms with Gasteiger partial charge in [-0.05, 0) is 19.1 Å². The van der Waals surface area contributed by atoms with Crippen LogP contribution in [0.2, 0.25) is 11.6 Å². The molecule has 1 atom stereocenters. The number of carbonyl (C=O) groups excluding carboxylic acids is 2. The van der Waals surface area contributed by atoms with Gasteiger partial charge in [0.1, 0.15) is 0 Å². The van der Waals surface area contributed by atoms with Gasteiger partial charge in [0.2, 0.25) is 0 Å². The average molecular weight is 425 g/mol. The van der Waals surface area contributed by atoms with E-state index in [0.29, 0.717) is 23.1 Å². The van der Waals surface area contributed by atoms with Crippen LogP contribution in [0.5, 0.6) is 0 Å². The van der Waals surface area contributed by atoms with E-state index in [9.17, 15) is 9.59 Å². The molecule has 2 aliphatic carbocycles. The molecule has 0 saturated heterocycles. The number of nitrogens with zero attached hydrogens (tertiary/aromatic N) is 1. The van der Waals surface area contributed by atoms with Crippen LogP contribution in [0.1, 0.15) is 88.4 Å². The van der Waals surface area contributed by atoms with E-state index in [4.69, 9.17) is 9.39 Å². The minimum atomic E-state index is -1.67. The first-order chi connectivity index (χ1) is 15.0. The van der Waals surface area contributed by atoms with Gasteiger partial charge in [-0.25, -0.2) is 9.59 Å². The molecule has 1 amide bonds. The SMILES string of the molecule is COC(=O)[C@@]1(C)[N+](C(=O)c2ccccc2)=C(C)O[B-]1(C1CCCCC1)C1CCCCC1. The van der Waals surface area contributed by atoms with Gasteiger partial charge in [-0.15, -0.1) is 16.2 Å². The fraction of sp³-hybridized carbons (Fsp3) is 0.640. The molecule has 0 spiro atoms. The van der Waals surface area contributed by atoms with Crippen molar-refractivity contribution in [1.29, 1.82) is 0 Å². The van der Waals surface area contributed by atoms with E-state index in [-0.39, 0.29) is 11.9 Å². The Kier molecular flexibility index (Phi) is 6.27. The van der Waals surface area contributed by atoms with Crippen LogP contribution in [-0.2, 0) is 14.2 Å². The summed E-state index contributed by atoms with van der Waals surface area (Å²) in [5, 5.41) is 0. The van der Waals surface area contributed by atoms with Crippen LogP contribution in [0.3, 0.4) is 0 Å². The van der Waals surface area contributed by atoms with E-state index < -0.39 is 11.8 Å². The fourth-order valence-electron chi connectivity index (χ4n) is 7.28. The fourth-order valence-corrected chi connectivity index (χ4v) is 7.28. The van der Waals surface area contributed by atoms with Crippen LogP contribution in [0, 0.1) is 0 Å². The molecule has 2 fully saturated rings. The maximum absolute atomic E-state index is 13.8. The number of rotatable bonds is 4. The van der Waals surface area contributed by atoms with Crippen molar-refractivity contribution in [3.63, 3.8) is 0 Å². The van der Waals surface area contributed by atoms with Crippen LogP contribution < -0.4 is 0 Å². The molecule has 0 radical (unpaired) electrons. The summed E-state index contributed by atoms with van der Waals surface area (Å²) in [5.41, 5.74) is -0.560. The molecule has 1 aromatic carbocycles. The smallest absolute Gasteiger partial charge is 0.420 e. The zero-order chi connectivity index (χ0) is 22.1. The van der Waals surface area contributed by atoms with Crippen LogP contribution in [-0.4, -0.2) is 41.2 Å². The summed E-state index contributed by atoms with van der Waals surface area (Å²) >= 11 is 0. The number of carbonyl (C=O) groups is 2. The van der Waals surface area contributed by atoms with Crippen molar-refractivity contribution < 1.29 is 23.6 Å². The van der Waals surface area contributed by atoms with Gasteiger partial charge in [-0.2, -0.15) is 0 Å². The van der Waals surface area contributed by atoms with Crippen LogP contribution in [0.25, 0.3) is 0 Å². The lowest BCUT2D eigenvalue weighted by atomic mass is 9.15. The second-order valence-electron chi connectivity index (χ2n) is 9.99. The van der Waals surface area contributed by atoms with E-state index in [1.54, 1.807) is 4.58 Å². The first kappa shape index (κ1) is 22.1. The molecular weight excluding hydrogens is 389 g/mol. The van der Waals surface area contributed by atoms with Crippen molar-refractivity contribution in [1.82, 2.24) is 0 Å². The molecule has 0 bridgehead atoms. The molecule has 3 aliphatic rings.